The van der Waals surface area contributed by atoms with E-state index in [1.807, 2.05) is 6.07 Å². The summed E-state index contributed by atoms with van der Waals surface area (Å²) < 4.78 is 0. The molecule has 80 valence electrons. The Morgan fingerprint density at radius 2 is 2.33 bits per heavy atom. The van der Waals surface area contributed by atoms with Crippen molar-refractivity contribution in [2.24, 2.45) is 0 Å². The number of hydrogen-bond acceptors (Lipinski definition) is 3. The van der Waals surface area contributed by atoms with Crippen LogP contribution in [-0.2, 0) is 11.2 Å². The van der Waals surface area contributed by atoms with Gasteiger partial charge in [0.25, 0.3) is 0 Å². The molecule has 0 saturated carbocycles. The number of aliphatic hydroxyl groups excluding tert-OH is 1. The van der Waals surface area contributed by atoms with Crippen molar-refractivity contribution in [1.82, 2.24) is 0 Å². The van der Waals surface area contributed by atoms with Crippen molar-refractivity contribution in [2.45, 2.75) is 29.6 Å². The molecule has 0 saturated heterocycles. The van der Waals surface area contributed by atoms with Gasteiger partial charge in [0.15, 0.2) is 6.10 Å². The van der Waals surface area contributed by atoms with Gasteiger partial charge in [0.05, 0.1) is 0 Å². The lowest BCUT2D eigenvalue weighted by molar-refractivity contribution is -0.146. The number of carbonyl (C=O) groups is 1. The van der Waals surface area contributed by atoms with Crippen molar-refractivity contribution in [3.05, 3.63) is 29.3 Å². The SMILES string of the molecule is CC1Cc2ccc(C(O)C(=O)O)cc2S1. The van der Waals surface area contributed by atoms with Crippen LogP contribution in [0.15, 0.2) is 23.1 Å². The van der Waals surface area contributed by atoms with Gasteiger partial charge < -0.3 is 10.2 Å². The van der Waals surface area contributed by atoms with E-state index in [2.05, 4.69) is 6.92 Å². The molecule has 1 aliphatic rings. The van der Waals surface area contributed by atoms with Crippen LogP contribution in [0.25, 0.3) is 0 Å². The standard InChI is InChI=1S/C11H12O3S/c1-6-4-7-2-3-8(5-9(7)15-6)10(12)11(13)14/h2-3,5-6,10,12H,4H2,1H3,(H,13,14). The van der Waals surface area contributed by atoms with Crippen molar-refractivity contribution in [3.63, 3.8) is 0 Å². The fraction of sp³-hybridized carbons (Fsp3) is 0.364. The highest BCUT2D eigenvalue weighted by Crippen LogP contribution is 2.37. The zero-order valence-corrected chi connectivity index (χ0v) is 9.12. The van der Waals surface area contributed by atoms with Crippen LogP contribution in [0.5, 0.6) is 0 Å². The molecule has 1 aromatic carbocycles. The minimum absolute atomic E-state index is 0.461. The van der Waals surface area contributed by atoms with Crippen LogP contribution in [0.3, 0.4) is 0 Å². The number of carboxylic acids is 1. The number of rotatable bonds is 2. The highest BCUT2D eigenvalue weighted by molar-refractivity contribution is 8.00. The van der Waals surface area contributed by atoms with Crippen LogP contribution in [-0.4, -0.2) is 21.4 Å². The summed E-state index contributed by atoms with van der Waals surface area (Å²) in [5.41, 5.74) is 1.71. The van der Waals surface area contributed by atoms with E-state index in [0.29, 0.717) is 10.8 Å². The molecular formula is C11H12O3S. The monoisotopic (exact) mass is 224 g/mol. The van der Waals surface area contributed by atoms with E-state index in [1.165, 1.54) is 5.56 Å². The Balaban J connectivity index is 2.31. The van der Waals surface area contributed by atoms with Crippen LogP contribution in [0, 0.1) is 0 Å². The van der Waals surface area contributed by atoms with Gasteiger partial charge in [-0.25, -0.2) is 4.79 Å². The first-order chi connectivity index (χ1) is 7.08. The third-order valence-electron chi connectivity index (χ3n) is 2.48. The van der Waals surface area contributed by atoms with Gasteiger partial charge in [-0.15, -0.1) is 11.8 Å². The summed E-state index contributed by atoms with van der Waals surface area (Å²) in [4.78, 5) is 11.7. The fourth-order valence-electron chi connectivity index (χ4n) is 1.73. The van der Waals surface area contributed by atoms with Gasteiger partial charge in [-0.05, 0) is 23.6 Å². The van der Waals surface area contributed by atoms with Crippen LogP contribution in [0.2, 0.25) is 0 Å². The van der Waals surface area contributed by atoms with Crippen molar-refractivity contribution < 1.29 is 15.0 Å². The molecule has 0 amide bonds. The molecule has 0 aliphatic carbocycles. The van der Waals surface area contributed by atoms with E-state index >= 15 is 0 Å². The van der Waals surface area contributed by atoms with Crippen molar-refractivity contribution in [3.8, 4) is 0 Å². The lowest BCUT2D eigenvalue weighted by Crippen LogP contribution is -2.10. The van der Waals surface area contributed by atoms with Crippen LogP contribution in [0.4, 0.5) is 0 Å². The lowest BCUT2D eigenvalue weighted by atomic mass is 10.0. The maximum Gasteiger partial charge on any atom is 0.337 e. The number of carboxylic acid groups (broad SMARTS) is 1. The van der Waals surface area contributed by atoms with Gasteiger partial charge >= 0.3 is 5.97 Å². The van der Waals surface area contributed by atoms with E-state index in [1.54, 1.807) is 23.9 Å². The van der Waals surface area contributed by atoms with E-state index in [9.17, 15) is 9.90 Å². The van der Waals surface area contributed by atoms with Gasteiger partial charge in [0.2, 0.25) is 0 Å². The summed E-state index contributed by atoms with van der Waals surface area (Å²) >= 11 is 1.73. The molecule has 15 heavy (non-hydrogen) atoms. The largest absolute Gasteiger partial charge is 0.479 e. The second-order valence-electron chi connectivity index (χ2n) is 3.74. The van der Waals surface area contributed by atoms with Gasteiger partial charge in [-0.3, -0.25) is 0 Å². The number of benzene rings is 1. The summed E-state index contributed by atoms with van der Waals surface area (Å²) in [5.74, 6) is -1.20. The Bertz CT molecular complexity index is 403. The van der Waals surface area contributed by atoms with E-state index < -0.39 is 12.1 Å². The quantitative estimate of drug-likeness (QED) is 0.804. The highest BCUT2D eigenvalue weighted by Gasteiger charge is 2.22. The van der Waals surface area contributed by atoms with Crippen LogP contribution < -0.4 is 0 Å². The average Bonchev–Trinajstić information content (AvgIpc) is 2.55. The van der Waals surface area contributed by atoms with Gasteiger partial charge in [-0.2, -0.15) is 0 Å². The maximum atomic E-state index is 10.6. The molecule has 2 atom stereocenters. The minimum Gasteiger partial charge on any atom is -0.479 e. The van der Waals surface area contributed by atoms with E-state index in [-0.39, 0.29) is 0 Å². The minimum atomic E-state index is -1.41. The van der Waals surface area contributed by atoms with E-state index in [4.69, 9.17) is 5.11 Å². The molecule has 4 heteroatoms. The molecule has 1 aromatic rings. The predicted octanol–water partition coefficient (Wildman–Crippen LogP) is 1.84. The van der Waals surface area contributed by atoms with Gasteiger partial charge in [0, 0.05) is 10.1 Å². The number of aliphatic carboxylic acids is 1. The van der Waals surface area contributed by atoms with Crippen LogP contribution >= 0.6 is 11.8 Å². The normalized spacial score (nSPS) is 21.1. The third kappa shape index (κ3) is 2.01. The van der Waals surface area contributed by atoms with Crippen molar-refractivity contribution in [1.29, 1.82) is 0 Å². The van der Waals surface area contributed by atoms with Crippen LogP contribution in [0.1, 0.15) is 24.2 Å². The predicted molar refractivity (Wildman–Crippen MR) is 58.1 cm³/mol. The number of thioether (sulfide) groups is 1. The molecule has 0 bridgehead atoms. The second-order valence-corrected chi connectivity index (χ2v) is 5.22. The Morgan fingerprint density at radius 1 is 1.60 bits per heavy atom. The first-order valence-corrected chi connectivity index (χ1v) is 5.66. The van der Waals surface area contributed by atoms with Crippen molar-refractivity contribution in [2.75, 3.05) is 0 Å². The second kappa shape index (κ2) is 3.87. The van der Waals surface area contributed by atoms with Gasteiger partial charge in [0.1, 0.15) is 0 Å². The molecule has 1 heterocycles. The summed E-state index contributed by atoms with van der Waals surface area (Å²) in [5, 5.41) is 18.6. The molecule has 1 aliphatic heterocycles. The number of fused-ring (bicyclic) bond motifs is 1. The molecule has 0 aromatic heterocycles. The number of hydrogen-bond donors (Lipinski definition) is 2. The number of aliphatic hydroxyl groups is 1. The Morgan fingerprint density at radius 3 is 3.00 bits per heavy atom. The van der Waals surface area contributed by atoms with Crippen molar-refractivity contribution >= 4 is 17.7 Å². The van der Waals surface area contributed by atoms with E-state index in [0.717, 1.165) is 11.3 Å². The third-order valence-corrected chi connectivity index (χ3v) is 3.68. The fourth-order valence-corrected chi connectivity index (χ4v) is 2.93. The topological polar surface area (TPSA) is 57.5 Å². The molecule has 0 spiro atoms. The first-order valence-electron chi connectivity index (χ1n) is 4.78. The summed E-state index contributed by atoms with van der Waals surface area (Å²) in [6, 6.07) is 5.38. The molecule has 2 N–H and O–H groups in total. The maximum absolute atomic E-state index is 10.6. The molecule has 2 rings (SSSR count). The zero-order chi connectivity index (χ0) is 11.0. The Labute approximate surface area is 92.1 Å². The summed E-state index contributed by atoms with van der Waals surface area (Å²) in [6.45, 7) is 2.14. The highest BCUT2D eigenvalue weighted by atomic mass is 32.2. The lowest BCUT2D eigenvalue weighted by Gasteiger charge is -2.07. The average molecular weight is 224 g/mol. The Hall–Kier alpha value is -1.00. The zero-order valence-electron chi connectivity index (χ0n) is 8.30. The summed E-state index contributed by atoms with van der Waals surface area (Å²) in [6.07, 6.45) is -0.393. The molecule has 2 unspecified atom stereocenters. The molecule has 0 radical (unpaired) electrons. The first kappa shape index (κ1) is 10.5. The molecule has 0 fully saturated rings. The molecule has 3 nitrogen and oxygen atoms in total. The Kier molecular flexibility index (Phi) is 2.71. The van der Waals surface area contributed by atoms with Gasteiger partial charge in [-0.1, -0.05) is 19.1 Å². The smallest absolute Gasteiger partial charge is 0.337 e. The molecular weight excluding hydrogens is 212 g/mol. The summed E-state index contributed by atoms with van der Waals surface area (Å²) in [7, 11) is 0.